The van der Waals surface area contributed by atoms with Gasteiger partial charge in [-0.2, -0.15) is 0 Å². The summed E-state index contributed by atoms with van der Waals surface area (Å²) in [5, 5.41) is 1.72. The molecule has 21 heavy (non-hydrogen) atoms. The zero-order chi connectivity index (χ0) is 15.0. The molecule has 0 aliphatic carbocycles. The van der Waals surface area contributed by atoms with Gasteiger partial charge in [-0.15, -0.1) is 11.3 Å². The van der Waals surface area contributed by atoms with Crippen LogP contribution in [0.5, 0.6) is 5.75 Å². The lowest BCUT2D eigenvalue weighted by Crippen LogP contribution is -2.37. The Labute approximate surface area is 126 Å². The minimum atomic E-state index is -3.64. The Morgan fingerprint density at radius 1 is 1.29 bits per heavy atom. The number of ketones is 1. The average molecular weight is 323 g/mol. The van der Waals surface area contributed by atoms with Gasteiger partial charge in [0.25, 0.3) is 10.0 Å². The van der Waals surface area contributed by atoms with E-state index in [0.29, 0.717) is 17.0 Å². The monoisotopic (exact) mass is 323 g/mol. The summed E-state index contributed by atoms with van der Waals surface area (Å²) in [5.41, 5.74) is 0.807. The molecule has 2 heterocycles. The number of sulfonamides is 1. The number of rotatable bonds is 3. The first kappa shape index (κ1) is 14.1. The number of anilines is 1. The molecule has 0 unspecified atom stereocenters. The maximum Gasteiger partial charge on any atom is 0.273 e. The van der Waals surface area contributed by atoms with Gasteiger partial charge in [-0.1, -0.05) is 6.07 Å². The van der Waals surface area contributed by atoms with Crippen molar-refractivity contribution < 1.29 is 17.9 Å². The van der Waals surface area contributed by atoms with Crippen LogP contribution in [0.25, 0.3) is 0 Å². The van der Waals surface area contributed by atoms with Crippen LogP contribution in [0.1, 0.15) is 16.8 Å². The third kappa shape index (κ3) is 2.32. The summed E-state index contributed by atoms with van der Waals surface area (Å²) in [7, 11) is -2.13. The lowest BCUT2D eigenvalue weighted by molar-refractivity contribution is 0.0982. The van der Waals surface area contributed by atoms with E-state index in [1.54, 1.807) is 35.7 Å². The molecule has 0 spiro atoms. The molecule has 3 rings (SSSR count). The predicted octanol–water partition coefficient (Wildman–Crippen LogP) is 2.54. The maximum atomic E-state index is 12.7. The van der Waals surface area contributed by atoms with Gasteiger partial charge in [-0.3, -0.25) is 9.10 Å². The van der Waals surface area contributed by atoms with E-state index in [-0.39, 0.29) is 23.0 Å². The van der Waals surface area contributed by atoms with E-state index in [2.05, 4.69) is 0 Å². The van der Waals surface area contributed by atoms with Gasteiger partial charge < -0.3 is 4.74 Å². The number of fused-ring (bicyclic) bond motifs is 1. The van der Waals surface area contributed by atoms with E-state index in [9.17, 15) is 13.2 Å². The summed E-state index contributed by atoms with van der Waals surface area (Å²) in [6, 6.07) is 8.14. The fraction of sp³-hybridized carbons (Fsp3) is 0.214. The normalized spacial score (nSPS) is 14.9. The van der Waals surface area contributed by atoms with Gasteiger partial charge in [0.1, 0.15) is 9.96 Å². The number of hydrogen-bond acceptors (Lipinski definition) is 5. The van der Waals surface area contributed by atoms with Crippen molar-refractivity contribution in [3.05, 3.63) is 41.3 Å². The molecule has 1 aliphatic rings. The second-order valence-electron chi connectivity index (χ2n) is 4.57. The molecule has 1 aromatic carbocycles. The molecule has 0 N–H and O–H groups in total. The lowest BCUT2D eigenvalue weighted by atomic mass is 10.0. The SMILES string of the molecule is COc1ccc2c(c1)N(S(=O)(=O)c1cccs1)CCC2=O. The van der Waals surface area contributed by atoms with Gasteiger partial charge in [0.05, 0.1) is 12.8 Å². The summed E-state index contributed by atoms with van der Waals surface area (Å²) >= 11 is 1.16. The molecule has 2 aromatic rings. The summed E-state index contributed by atoms with van der Waals surface area (Å²) in [4.78, 5) is 12.0. The van der Waals surface area contributed by atoms with Crippen LogP contribution in [0, 0.1) is 0 Å². The Hall–Kier alpha value is -1.86. The Kier molecular flexibility index (Phi) is 3.46. The molecule has 0 saturated heterocycles. The van der Waals surface area contributed by atoms with E-state index in [4.69, 9.17) is 4.74 Å². The fourth-order valence-electron chi connectivity index (χ4n) is 2.31. The van der Waals surface area contributed by atoms with Crippen LogP contribution in [0.2, 0.25) is 0 Å². The standard InChI is InChI=1S/C14H13NO4S2/c1-19-10-4-5-11-12(9-10)15(7-6-13(11)16)21(17,18)14-3-2-8-20-14/h2-5,8-9H,6-7H2,1H3. The van der Waals surface area contributed by atoms with Crippen LogP contribution in [0.4, 0.5) is 5.69 Å². The number of methoxy groups -OCH3 is 1. The Balaban J connectivity index is 2.15. The topological polar surface area (TPSA) is 63.7 Å². The molecule has 7 heteroatoms. The van der Waals surface area contributed by atoms with Crippen LogP contribution in [0.3, 0.4) is 0 Å². The number of carbonyl (C=O) groups excluding carboxylic acids is 1. The van der Waals surface area contributed by atoms with Gasteiger partial charge in [-0.25, -0.2) is 8.42 Å². The molecular formula is C14H13NO4S2. The lowest BCUT2D eigenvalue weighted by Gasteiger charge is -2.29. The molecule has 0 amide bonds. The Morgan fingerprint density at radius 3 is 2.76 bits per heavy atom. The van der Waals surface area contributed by atoms with Gasteiger partial charge in [-0.05, 0) is 23.6 Å². The molecule has 0 radical (unpaired) electrons. The molecule has 5 nitrogen and oxygen atoms in total. The highest BCUT2D eigenvalue weighted by Crippen LogP contribution is 2.35. The molecule has 1 aromatic heterocycles. The van der Waals surface area contributed by atoms with E-state index in [1.807, 2.05) is 0 Å². The Bertz CT molecular complexity index is 781. The van der Waals surface area contributed by atoms with Crippen molar-refractivity contribution in [2.45, 2.75) is 10.6 Å². The van der Waals surface area contributed by atoms with Gasteiger partial charge in [0.15, 0.2) is 5.78 Å². The van der Waals surface area contributed by atoms with Crippen molar-refractivity contribution in [2.75, 3.05) is 18.0 Å². The van der Waals surface area contributed by atoms with Crippen LogP contribution < -0.4 is 9.04 Å². The number of ether oxygens (including phenoxy) is 1. The van der Waals surface area contributed by atoms with Crippen molar-refractivity contribution in [2.24, 2.45) is 0 Å². The molecule has 110 valence electrons. The van der Waals surface area contributed by atoms with E-state index < -0.39 is 10.0 Å². The zero-order valence-electron chi connectivity index (χ0n) is 11.3. The molecule has 0 fully saturated rings. The smallest absolute Gasteiger partial charge is 0.273 e. The van der Waals surface area contributed by atoms with Crippen molar-refractivity contribution >= 4 is 32.8 Å². The quantitative estimate of drug-likeness (QED) is 0.871. The first-order valence-electron chi connectivity index (χ1n) is 6.31. The highest BCUT2D eigenvalue weighted by atomic mass is 32.2. The number of nitrogens with zero attached hydrogens (tertiary/aromatic N) is 1. The van der Waals surface area contributed by atoms with Crippen LogP contribution in [-0.4, -0.2) is 27.9 Å². The minimum absolute atomic E-state index is 0.0507. The average Bonchev–Trinajstić information content (AvgIpc) is 3.02. The fourth-order valence-corrected chi connectivity index (χ4v) is 4.89. The molecule has 1 aliphatic heterocycles. The molecule has 0 saturated carbocycles. The first-order chi connectivity index (χ1) is 10.0. The van der Waals surface area contributed by atoms with Crippen molar-refractivity contribution in [3.63, 3.8) is 0 Å². The van der Waals surface area contributed by atoms with Crippen molar-refractivity contribution in [1.29, 1.82) is 0 Å². The highest BCUT2D eigenvalue weighted by Gasteiger charge is 2.33. The number of benzene rings is 1. The minimum Gasteiger partial charge on any atom is -0.497 e. The van der Waals surface area contributed by atoms with E-state index >= 15 is 0 Å². The number of hydrogen-bond donors (Lipinski definition) is 0. The summed E-state index contributed by atoms with van der Waals surface area (Å²) in [6.07, 6.45) is 0.184. The largest absolute Gasteiger partial charge is 0.497 e. The van der Waals surface area contributed by atoms with Gasteiger partial charge in [0, 0.05) is 24.6 Å². The second kappa shape index (κ2) is 5.16. The maximum absolute atomic E-state index is 12.7. The van der Waals surface area contributed by atoms with E-state index in [1.165, 1.54) is 11.4 Å². The van der Waals surface area contributed by atoms with Gasteiger partial charge >= 0.3 is 0 Å². The second-order valence-corrected chi connectivity index (χ2v) is 7.60. The number of thiophene rings is 1. The molecule has 0 bridgehead atoms. The summed E-state index contributed by atoms with van der Waals surface area (Å²) < 4.78 is 32.1. The summed E-state index contributed by atoms with van der Waals surface area (Å²) in [5.74, 6) is 0.472. The Morgan fingerprint density at radius 2 is 2.10 bits per heavy atom. The zero-order valence-corrected chi connectivity index (χ0v) is 12.9. The predicted molar refractivity (Wildman–Crippen MR) is 80.8 cm³/mol. The van der Waals surface area contributed by atoms with Crippen molar-refractivity contribution in [3.8, 4) is 5.75 Å². The number of carbonyl (C=O) groups is 1. The van der Waals surface area contributed by atoms with Crippen molar-refractivity contribution in [1.82, 2.24) is 0 Å². The van der Waals surface area contributed by atoms with E-state index in [0.717, 1.165) is 11.3 Å². The molecular weight excluding hydrogens is 310 g/mol. The highest BCUT2D eigenvalue weighted by molar-refractivity contribution is 7.94. The van der Waals surface area contributed by atoms with Gasteiger partial charge in [0.2, 0.25) is 0 Å². The van der Waals surface area contributed by atoms with Crippen LogP contribution >= 0.6 is 11.3 Å². The number of Topliss-reactive ketones (excluding diaryl/α,β-unsaturated/α-hetero) is 1. The summed E-state index contributed by atoms with van der Waals surface area (Å²) in [6.45, 7) is 0.152. The molecule has 0 atom stereocenters. The van der Waals surface area contributed by atoms with Crippen LogP contribution in [-0.2, 0) is 10.0 Å². The third-order valence-corrected chi connectivity index (χ3v) is 6.54. The third-order valence-electron chi connectivity index (χ3n) is 3.36. The van der Waals surface area contributed by atoms with Crippen LogP contribution in [0.15, 0.2) is 39.9 Å². The first-order valence-corrected chi connectivity index (χ1v) is 8.63.